The lowest BCUT2D eigenvalue weighted by Gasteiger charge is -2.37. The standard InChI is InChI=1S/C18H20N4O2S/c1-13-2-3-15(19-11-13)18(24)4-6-21(7-5-18)16(23)10-14-12-22-8-9-25-17(22)20-14/h2-3,8-9,11-12,24H,4-7,10H2,1H3. The van der Waals surface area contributed by atoms with Crippen molar-refractivity contribution in [3.8, 4) is 0 Å². The van der Waals surface area contributed by atoms with E-state index in [1.807, 2.05) is 46.1 Å². The Labute approximate surface area is 149 Å². The number of carbonyl (C=O) groups is 1. The third kappa shape index (κ3) is 3.17. The second-order valence-corrected chi connectivity index (χ2v) is 7.51. The molecule has 3 aromatic heterocycles. The normalized spacial score (nSPS) is 17.1. The quantitative estimate of drug-likeness (QED) is 0.781. The second-order valence-electron chi connectivity index (χ2n) is 6.64. The predicted molar refractivity (Wildman–Crippen MR) is 95.5 cm³/mol. The summed E-state index contributed by atoms with van der Waals surface area (Å²) in [4.78, 5) is 24.1. The van der Waals surface area contributed by atoms with Crippen LogP contribution in [0.1, 0.15) is 29.8 Å². The summed E-state index contributed by atoms with van der Waals surface area (Å²) >= 11 is 1.56. The summed E-state index contributed by atoms with van der Waals surface area (Å²) in [7, 11) is 0. The Hall–Kier alpha value is -2.25. The first-order valence-corrected chi connectivity index (χ1v) is 9.26. The van der Waals surface area contributed by atoms with Crippen molar-refractivity contribution in [1.29, 1.82) is 0 Å². The Balaban J connectivity index is 1.39. The Morgan fingerprint density at radius 1 is 1.36 bits per heavy atom. The number of nitrogens with zero attached hydrogens (tertiary/aromatic N) is 4. The zero-order valence-electron chi connectivity index (χ0n) is 14.1. The Morgan fingerprint density at radius 2 is 2.16 bits per heavy atom. The lowest BCUT2D eigenvalue weighted by molar-refractivity contribution is -0.135. The van der Waals surface area contributed by atoms with Gasteiger partial charge in [-0.2, -0.15) is 0 Å². The van der Waals surface area contributed by atoms with Crippen LogP contribution in [0.3, 0.4) is 0 Å². The number of hydrogen-bond donors (Lipinski definition) is 1. The van der Waals surface area contributed by atoms with Crippen molar-refractivity contribution in [3.05, 3.63) is 53.1 Å². The average molecular weight is 356 g/mol. The molecule has 130 valence electrons. The van der Waals surface area contributed by atoms with Crippen LogP contribution < -0.4 is 0 Å². The topological polar surface area (TPSA) is 70.7 Å². The molecule has 0 aromatic carbocycles. The van der Waals surface area contributed by atoms with Crippen LogP contribution in [0.15, 0.2) is 36.1 Å². The van der Waals surface area contributed by atoms with Gasteiger partial charge in [-0.1, -0.05) is 6.07 Å². The highest BCUT2D eigenvalue weighted by molar-refractivity contribution is 7.15. The van der Waals surface area contributed by atoms with Crippen molar-refractivity contribution in [2.24, 2.45) is 0 Å². The van der Waals surface area contributed by atoms with Gasteiger partial charge in [0.25, 0.3) is 0 Å². The minimum Gasteiger partial charge on any atom is -0.383 e. The number of rotatable bonds is 3. The number of carbonyl (C=O) groups excluding carboxylic acids is 1. The van der Waals surface area contributed by atoms with Crippen molar-refractivity contribution < 1.29 is 9.90 Å². The third-order valence-corrected chi connectivity index (χ3v) is 5.58. The zero-order valence-corrected chi connectivity index (χ0v) is 14.9. The zero-order chi connectivity index (χ0) is 17.4. The van der Waals surface area contributed by atoms with Gasteiger partial charge in [0, 0.05) is 37.1 Å². The molecule has 0 spiro atoms. The van der Waals surface area contributed by atoms with Crippen molar-refractivity contribution in [2.45, 2.75) is 31.8 Å². The van der Waals surface area contributed by atoms with E-state index in [4.69, 9.17) is 0 Å². The van der Waals surface area contributed by atoms with Crippen LogP contribution in [0.5, 0.6) is 0 Å². The van der Waals surface area contributed by atoms with E-state index in [0.717, 1.165) is 16.2 Å². The third-order valence-electron chi connectivity index (χ3n) is 4.81. The number of aliphatic hydroxyl groups is 1. The molecule has 0 atom stereocenters. The number of aromatic nitrogens is 3. The van der Waals surface area contributed by atoms with E-state index in [2.05, 4.69) is 9.97 Å². The monoisotopic (exact) mass is 356 g/mol. The van der Waals surface area contributed by atoms with Gasteiger partial charge in [-0.3, -0.25) is 14.2 Å². The fourth-order valence-corrected chi connectivity index (χ4v) is 3.97. The smallest absolute Gasteiger partial charge is 0.228 e. The number of piperidine rings is 1. The molecular formula is C18H20N4O2S. The molecule has 1 saturated heterocycles. The number of fused-ring (bicyclic) bond motifs is 1. The van der Waals surface area contributed by atoms with Gasteiger partial charge in [-0.05, 0) is 31.4 Å². The SMILES string of the molecule is Cc1ccc(C2(O)CCN(C(=O)Cc3cn4ccsc4n3)CC2)nc1. The van der Waals surface area contributed by atoms with Gasteiger partial charge in [0.2, 0.25) is 5.91 Å². The number of hydrogen-bond acceptors (Lipinski definition) is 5. The van der Waals surface area contributed by atoms with E-state index in [1.165, 1.54) is 0 Å². The van der Waals surface area contributed by atoms with Crippen LogP contribution in [0.4, 0.5) is 0 Å². The number of imidazole rings is 1. The Kier molecular flexibility index (Phi) is 4.05. The van der Waals surface area contributed by atoms with Crippen LogP contribution in [-0.4, -0.2) is 43.4 Å². The van der Waals surface area contributed by atoms with Gasteiger partial charge in [-0.15, -0.1) is 11.3 Å². The minimum absolute atomic E-state index is 0.0599. The second kappa shape index (κ2) is 6.24. The van der Waals surface area contributed by atoms with Crippen LogP contribution in [-0.2, 0) is 16.8 Å². The summed E-state index contributed by atoms with van der Waals surface area (Å²) in [5, 5.41) is 12.8. The lowest BCUT2D eigenvalue weighted by atomic mass is 9.87. The Morgan fingerprint density at radius 3 is 2.84 bits per heavy atom. The maximum Gasteiger partial charge on any atom is 0.228 e. The minimum atomic E-state index is -0.943. The molecule has 1 aliphatic rings. The predicted octanol–water partition coefficient (Wildman–Crippen LogP) is 2.15. The van der Waals surface area contributed by atoms with Gasteiger partial charge in [0.1, 0.15) is 5.60 Å². The summed E-state index contributed by atoms with van der Waals surface area (Å²) < 4.78 is 1.94. The molecule has 4 rings (SSSR count). The summed E-state index contributed by atoms with van der Waals surface area (Å²) in [6.45, 7) is 3.04. The number of amides is 1. The molecule has 25 heavy (non-hydrogen) atoms. The fraction of sp³-hybridized carbons (Fsp3) is 0.389. The van der Waals surface area contributed by atoms with Gasteiger partial charge < -0.3 is 10.0 Å². The number of aryl methyl sites for hydroxylation is 1. The molecule has 1 N–H and O–H groups in total. The molecule has 7 heteroatoms. The van der Waals surface area contributed by atoms with Gasteiger partial charge in [0.15, 0.2) is 4.96 Å². The summed E-state index contributed by atoms with van der Waals surface area (Å²) in [6.07, 6.45) is 6.93. The molecule has 3 aromatic rings. The van der Waals surface area contributed by atoms with Crippen molar-refractivity contribution in [1.82, 2.24) is 19.3 Å². The van der Waals surface area contributed by atoms with E-state index in [1.54, 1.807) is 17.5 Å². The largest absolute Gasteiger partial charge is 0.383 e. The highest BCUT2D eigenvalue weighted by Gasteiger charge is 2.36. The van der Waals surface area contributed by atoms with Gasteiger partial charge in [0.05, 0.1) is 17.8 Å². The van der Waals surface area contributed by atoms with Crippen molar-refractivity contribution >= 4 is 22.2 Å². The van der Waals surface area contributed by atoms with E-state index in [0.29, 0.717) is 38.0 Å². The van der Waals surface area contributed by atoms with Crippen molar-refractivity contribution in [2.75, 3.05) is 13.1 Å². The van der Waals surface area contributed by atoms with Crippen LogP contribution in [0.25, 0.3) is 4.96 Å². The van der Waals surface area contributed by atoms with Crippen LogP contribution in [0, 0.1) is 6.92 Å². The first-order valence-electron chi connectivity index (χ1n) is 8.38. The number of pyridine rings is 1. The number of thiazole rings is 1. The lowest BCUT2D eigenvalue weighted by Crippen LogP contribution is -2.46. The molecule has 0 aliphatic carbocycles. The molecule has 1 amide bonds. The van der Waals surface area contributed by atoms with E-state index in [-0.39, 0.29) is 5.91 Å². The Bertz CT molecular complexity index is 863. The van der Waals surface area contributed by atoms with E-state index in [9.17, 15) is 9.90 Å². The van der Waals surface area contributed by atoms with Gasteiger partial charge in [-0.25, -0.2) is 4.98 Å². The molecule has 4 heterocycles. The van der Waals surface area contributed by atoms with Crippen molar-refractivity contribution in [3.63, 3.8) is 0 Å². The first kappa shape index (κ1) is 16.2. The first-order chi connectivity index (χ1) is 12.0. The van der Waals surface area contributed by atoms with E-state index < -0.39 is 5.60 Å². The molecule has 0 unspecified atom stereocenters. The highest BCUT2D eigenvalue weighted by atomic mass is 32.1. The molecule has 6 nitrogen and oxygen atoms in total. The maximum absolute atomic E-state index is 12.5. The fourth-order valence-electron chi connectivity index (χ4n) is 3.25. The molecule has 0 saturated carbocycles. The highest BCUT2D eigenvalue weighted by Crippen LogP contribution is 2.31. The van der Waals surface area contributed by atoms with E-state index >= 15 is 0 Å². The molecule has 0 bridgehead atoms. The summed E-state index contributed by atoms with van der Waals surface area (Å²) in [6, 6.07) is 3.84. The average Bonchev–Trinajstić information content (AvgIpc) is 3.17. The molecule has 1 fully saturated rings. The van der Waals surface area contributed by atoms with Gasteiger partial charge >= 0.3 is 0 Å². The maximum atomic E-state index is 12.5. The summed E-state index contributed by atoms with van der Waals surface area (Å²) in [5.41, 5.74) is 1.61. The number of likely N-dealkylation sites (tertiary alicyclic amines) is 1. The molecular weight excluding hydrogens is 336 g/mol. The molecule has 1 aliphatic heterocycles. The summed E-state index contributed by atoms with van der Waals surface area (Å²) in [5.74, 6) is 0.0599. The molecule has 0 radical (unpaired) electrons. The van der Waals surface area contributed by atoms with Crippen LogP contribution >= 0.6 is 11.3 Å². The van der Waals surface area contributed by atoms with Crippen LogP contribution in [0.2, 0.25) is 0 Å².